The second kappa shape index (κ2) is 4.66. The van der Waals surface area contributed by atoms with E-state index >= 15 is 0 Å². The summed E-state index contributed by atoms with van der Waals surface area (Å²) in [5, 5.41) is 8.69. The van der Waals surface area contributed by atoms with Gasteiger partial charge in [-0.25, -0.2) is 18.4 Å². The van der Waals surface area contributed by atoms with Gasteiger partial charge in [0.15, 0.2) is 5.65 Å². The summed E-state index contributed by atoms with van der Waals surface area (Å²) in [6.07, 6.45) is 0.619. The van der Waals surface area contributed by atoms with Crippen molar-refractivity contribution in [3.8, 4) is 11.4 Å². The van der Waals surface area contributed by atoms with E-state index < -0.39 is 6.43 Å². The Bertz CT molecular complexity index is 759. The number of rotatable bonds is 3. The highest BCUT2D eigenvalue weighted by molar-refractivity contribution is 5.82. The number of halogens is 2. The predicted molar refractivity (Wildman–Crippen MR) is 70.4 cm³/mol. The molecule has 0 fully saturated rings. The van der Waals surface area contributed by atoms with E-state index in [0.717, 1.165) is 0 Å². The molecule has 0 saturated carbocycles. The number of pyridine rings is 1. The number of aryl methyl sites for hydroxylation is 2. The van der Waals surface area contributed by atoms with Crippen molar-refractivity contribution < 1.29 is 8.78 Å². The van der Waals surface area contributed by atoms with Gasteiger partial charge in [-0.15, -0.1) is 0 Å². The second-order valence-electron chi connectivity index (χ2n) is 4.47. The van der Waals surface area contributed by atoms with Gasteiger partial charge in [0.1, 0.15) is 5.69 Å². The third-order valence-corrected chi connectivity index (χ3v) is 3.15. The van der Waals surface area contributed by atoms with Gasteiger partial charge in [-0.1, -0.05) is 0 Å². The van der Waals surface area contributed by atoms with Crippen LogP contribution in [0, 0.1) is 0 Å². The fourth-order valence-electron chi connectivity index (χ4n) is 2.17. The molecular weight excluding hydrogens is 264 g/mol. The molecule has 104 valence electrons. The average Bonchev–Trinajstić information content (AvgIpc) is 3.03. The van der Waals surface area contributed by atoms with Crippen LogP contribution in [0.2, 0.25) is 0 Å². The molecule has 0 unspecified atom stereocenters. The number of hydrogen-bond acceptors (Lipinski definition) is 3. The molecule has 3 aromatic rings. The smallest absolute Gasteiger partial charge is 0.264 e. The van der Waals surface area contributed by atoms with Crippen LogP contribution < -0.4 is 0 Å². The first-order valence-corrected chi connectivity index (χ1v) is 6.24. The van der Waals surface area contributed by atoms with E-state index in [9.17, 15) is 8.78 Å². The lowest BCUT2D eigenvalue weighted by Crippen LogP contribution is -2.00. The molecule has 0 aliphatic carbocycles. The third-order valence-electron chi connectivity index (χ3n) is 3.15. The van der Waals surface area contributed by atoms with Crippen molar-refractivity contribution in [3.63, 3.8) is 0 Å². The molecule has 0 saturated heterocycles. The van der Waals surface area contributed by atoms with Crippen LogP contribution in [-0.2, 0) is 13.6 Å². The standard InChI is InChI=1S/C13H13F2N5/c1-3-20-13-9(7-16-20)8(12(14)15)6-11(17-13)10-4-5-19(2)18-10/h4-7,12H,3H2,1-2H3. The zero-order chi connectivity index (χ0) is 14.3. The molecule has 0 spiro atoms. The molecule has 0 aliphatic heterocycles. The largest absolute Gasteiger partial charge is 0.275 e. The summed E-state index contributed by atoms with van der Waals surface area (Å²) in [6, 6.07) is 3.13. The van der Waals surface area contributed by atoms with Crippen molar-refractivity contribution in [3.05, 3.63) is 30.1 Å². The first kappa shape index (κ1) is 12.7. The Morgan fingerprint density at radius 1 is 1.30 bits per heavy atom. The fraction of sp³-hybridized carbons (Fsp3) is 0.308. The predicted octanol–water partition coefficient (Wildman–Crippen LogP) is 2.79. The molecule has 0 amide bonds. The lowest BCUT2D eigenvalue weighted by atomic mass is 10.1. The lowest BCUT2D eigenvalue weighted by Gasteiger charge is -2.06. The van der Waals surface area contributed by atoms with Crippen LogP contribution in [0.15, 0.2) is 24.5 Å². The van der Waals surface area contributed by atoms with E-state index in [0.29, 0.717) is 29.0 Å². The summed E-state index contributed by atoms with van der Waals surface area (Å²) >= 11 is 0. The highest BCUT2D eigenvalue weighted by Crippen LogP contribution is 2.30. The lowest BCUT2D eigenvalue weighted by molar-refractivity contribution is 0.153. The summed E-state index contributed by atoms with van der Waals surface area (Å²) in [5.74, 6) is 0. The summed E-state index contributed by atoms with van der Waals surface area (Å²) in [5.41, 5.74) is 1.41. The molecule has 3 heterocycles. The van der Waals surface area contributed by atoms with Gasteiger partial charge in [0.05, 0.1) is 11.9 Å². The summed E-state index contributed by atoms with van der Waals surface area (Å²) in [7, 11) is 1.77. The SMILES string of the molecule is CCn1ncc2c(C(F)F)cc(-c3ccn(C)n3)nc21. The first-order chi connectivity index (χ1) is 9.60. The van der Waals surface area contributed by atoms with Crippen LogP contribution in [0.1, 0.15) is 18.9 Å². The minimum Gasteiger partial charge on any atom is -0.275 e. The van der Waals surface area contributed by atoms with Gasteiger partial charge in [0.25, 0.3) is 6.43 Å². The van der Waals surface area contributed by atoms with Crippen molar-refractivity contribution >= 4 is 11.0 Å². The van der Waals surface area contributed by atoms with Gasteiger partial charge in [0.2, 0.25) is 0 Å². The van der Waals surface area contributed by atoms with Gasteiger partial charge in [-0.3, -0.25) is 4.68 Å². The molecule has 5 nitrogen and oxygen atoms in total. The minimum atomic E-state index is -2.57. The van der Waals surface area contributed by atoms with Crippen molar-refractivity contribution in [2.75, 3.05) is 0 Å². The van der Waals surface area contributed by atoms with Crippen molar-refractivity contribution in [2.45, 2.75) is 19.9 Å². The highest BCUT2D eigenvalue weighted by atomic mass is 19.3. The molecular formula is C13H13F2N5. The zero-order valence-corrected chi connectivity index (χ0v) is 11.1. The molecule has 0 aromatic carbocycles. The monoisotopic (exact) mass is 277 g/mol. The topological polar surface area (TPSA) is 48.5 Å². The van der Waals surface area contributed by atoms with Gasteiger partial charge in [0, 0.05) is 30.7 Å². The Labute approximate surface area is 113 Å². The van der Waals surface area contributed by atoms with Gasteiger partial charge in [-0.2, -0.15) is 10.2 Å². The fourth-order valence-corrected chi connectivity index (χ4v) is 2.17. The molecule has 0 N–H and O–H groups in total. The quantitative estimate of drug-likeness (QED) is 0.739. The Morgan fingerprint density at radius 2 is 2.10 bits per heavy atom. The van der Waals surface area contributed by atoms with E-state index in [4.69, 9.17) is 0 Å². The van der Waals surface area contributed by atoms with Crippen LogP contribution >= 0.6 is 0 Å². The summed E-state index contributed by atoms with van der Waals surface area (Å²) < 4.78 is 29.7. The molecule has 0 bridgehead atoms. The number of nitrogens with zero attached hydrogens (tertiary/aromatic N) is 5. The van der Waals surface area contributed by atoms with Gasteiger partial charge in [-0.05, 0) is 19.1 Å². The maximum absolute atomic E-state index is 13.2. The number of aromatic nitrogens is 5. The third kappa shape index (κ3) is 1.95. The molecule has 20 heavy (non-hydrogen) atoms. The van der Waals surface area contributed by atoms with Crippen LogP contribution in [0.3, 0.4) is 0 Å². The summed E-state index contributed by atoms with van der Waals surface area (Å²) in [4.78, 5) is 4.42. The molecule has 0 aliphatic rings. The maximum Gasteiger partial charge on any atom is 0.264 e. The molecule has 7 heteroatoms. The number of alkyl halides is 2. The van der Waals surface area contributed by atoms with Gasteiger partial charge >= 0.3 is 0 Å². The average molecular weight is 277 g/mol. The molecule has 3 aromatic heterocycles. The van der Waals surface area contributed by atoms with Crippen LogP contribution in [0.5, 0.6) is 0 Å². The number of hydrogen-bond donors (Lipinski definition) is 0. The second-order valence-corrected chi connectivity index (χ2v) is 4.47. The van der Waals surface area contributed by atoms with E-state index in [1.807, 2.05) is 6.92 Å². The molecule has 0 radical (unpaired) electrons. The minimum absolute atomic E-state index is 0.0599. The Hall–Kier alpha value is -2.31. The Morgan fingerprint density at radius 3 is 2.70 bits per heavy atom. The molecule has 0 atom stereocenters. The highest BCUT2D eigenvalue weighted by Gasteiger charge is 2.18. The zero-order valence-electron chi connectivity index (χ0n) is 11.1. The van der Waals surface area contributed by atoms with Crippen molar-refractivity contribution in [2.24, 2.45) is 7.05 Å². The van der Waals surface area contributed by atoms with E-state index in [2.05, 4.69) is 15.2 Å². The van der Waals surface area contributed by atoms with E-state index in [1.165, 1.54) is 12.3 Å². The Kier molecular flexibility index (Phi) is 2.96. The first-order valence-electron chi connectivity index (χ1n) is 6.24. The van der Waals surface area contributed by atoms with Crippen LogP contribution in [0.25, 0.3) is 22.4 Å². The van der Waals surface area contributed by atoms with Gasteiger partial charge < -0.3 is 0 Å². The van der Waals surface area contributed by atoms with Crippen molar-refractivity contribution in [1.82, 2.24) is 24.5 Å². The van der Waals surface area contributed by atoms with Crippen LogP contribution in [-0.4, -0.2) is 24.5 Å². The van der Waals surface area contributed by atoms with Crippen molar-refractivity contribution in [1.29, 1.82) is 0 Å². The maximum atomic E-state index is 13.2. The van der Waals surface area contributed by atoms with E-state index in [-0.39, 0.29) is 5.56 Å². The number of fused-ring (bicyclic) bond motifs is 1. The Balaban J connectivity index is 2.28. The summed E-state index contributed by atoms with van der Waals surface area (Å²) in [6.45, 7) is 2.47. The van der Waals surface area contributed by atoms with Crippen LogP contribution in [0.4, 0.5) is 8.78 Å². The normalized spacial score (nSPS) is 11.7. The molecule has 3 rings (SSSR count). The van der Waals surface area contributed by atoms with E-state index in [1.54, 1.807) is 28.7 Å².